The molecule has 70 heavy (non-hydrogen) atoms. The van der Waals surface area contributed by atoms with Crippen molar-refractivity contribution in [2.75, 3.05) is 13.2 Å². The monoisotopic (exact) mass is 975 g/mol. The Balaban J connectivity index is 4.43. The Labute approximate surface area is 433 Å². The summed E-state index contributed by atoms with van der Waals surface area (Å²) < 4.78 is 16.9. The zero-order valence-corrected chi connectivity index (χ0v) is 46.0. The fourth-order valence-corrected chi connectivity index (χ4v) is 8.16. The van der Waals surface area contributed by atoms with Crippen LogP contribution < -0.4 is 0 Å². The lowest BCUT2D eigenvalue weighted by atomic mass is 10.1. The summed E-state index contributed by atoms with van der Waals surface area (Å²) in [6.45, 7) is 6.49. The van der Waals surface area contributed by atoms with Crippen LogP contribution >= 0.6 is 0 Å². The van der Waals surface area contributed by atoms with Gasteiger partial charge in [0.2, 0.25) is 0 Å². The van der Waals surface area contributed by atoms with E-state index in [2.05, 4.69) is 106 Å². The molecule has 0 spiro atoms. The highest BCUT2D eigenvalue weighted by atomic mass is 16.6. The first-order chi connectivity index (χ1) is 34.5. The second kappa shape index (κ2) is 58.2. The van der Waals surface area contributed by atoms with Gasteiger partial charge in [0.25, 0.3) is 0 Å². The Hall–Kier alpha value is -3.41. The van der Waals surface area contributed by atoms with Crippen LogP contribution in [0.2, 0.25) is 0 Å². The molecule has 0 amide bonds. The topological polar surface area (TPSA) is 78.9 Å². The highest BCUT2D eigenvalue weighted by molar-refractivity contribution is 5.71. The van der Waals surface area contributed by atoms with E-state index in [1.807, 2.05) is 0 Å². The van der Waals surface area contributed by atoms with E-state index in [0.717, 1.165) is 116 Å². The van der Waals surface area contributed by atoms with Gasteiger partial charge in [0.1, 0.15) is 13.2 Å². The molecule has 0 aromatic rings. The van der Waals surface area contributed by atoms with Gasteiger partial charge in [0.05, 0.1) is 0 Å². The van der Waals surface area contributed by atoms with Gasteiger partial charge in [-0.05, 0) is 116 Å². The number of rotatable bonds is 53. The van der Waals surface area contributed by atoms with Crippen molar-refractivity contribution < 1.29 is 28.6 Å². The fraction of sp³-hybridized carbons (Fsp3) is 0.734. The summed E-state index contributed by atoms with van der Waals surface area (Å²) in [4.78, 5) is 38.2. The molecule has 6 nitrogen and oxygen atoms in total. The summed E-state index contributed by atoms with van der Waals surface area (Å²) in [7, 11) is 0. The van der Waals surface area contributed by atoms with Crippen LogP contribution in [-0.4, -0.2) is 37.2 Å². The summed E-state index contributed by atoms with van der Waals surface area (Å²) in [6.07, 6.45) is 75.7. The van der Waals surface area contributed by atoms with E-state index in [1.54, 1.807) is 0 Å². The van der Waals surface area contributed by atoms with Gasteiger partial charge in [-0.15, -0.1) is 0 Å². The van der Waals surface area contributed by atoms with Crippen molar-refractivity contribution in [1.82, 2.24) is 0 Å². The highest BCUT2D eigenvalue weighted by Crippen LogP contribution is 2.15. The third kappa shape index (κ3) is 55.5. The first kappa shape index (κ1) is 66.6. The lowest BCUT2D eigenvalue weighted by Crippen LogP contribution is -2.30. The standard InChI is InChI=1S/C64H110O6/c1-4-7-10-13-16-19-22-25-28-30-32-34-36-39-42-45-48-51-54-57-63(66)69-60-61(59-68-62(65)56-53-50-47-44-41-38-35-27-24-21-18-15-12-9-6-3)70-64(67)58-55-52-49-46-43-40-37-33-31-29-26-23-20-17-14-11-8-5-2/h9,12,16,18-19,21,25,27-29,31-32,34-35,61H,4-8,10-11,13-15,17,20,22-24,26,30,33,36-60H2,1-3H3/b12-9-,19-16-,21-18-,28-25-,31-29-,34-32-,35-27-. The molecule has 1 atom stereocenters. The van der Waals surface area contributed by atoms with Crippen molar-refractivity contribution in [1.29, 1.82) is 0 Å². The van der Waals surface area contributed by atoms with Gasteiger partial charge >= 0.3 is 17.9 Å². The number of unbranched alkanes of at least 4 members (excludes halogenated alkanes) is 28. The van der Waals surface area contributed by atoms with Crippen molar-refractivity contribution in [3.05, 3.63) is 85.1 Å². The zero-order valence-electron chi connectivity index (χ0n) is 46.0. The van der Waals surface area contributed by atoms with Crippen molar-refractivity contribution in [2.24, 2.45) is 0 Å². The SMILES string of the molecule is CC/C=C\C/C=C\C/C=C\CCCCCCCC(=O)OCC(COC(=O)CCCCCCCC/C=C\C/C=C\C/C=C\CCCCC)OC(=O)CCCCCCCCC/C=C\CCCCCCCCC. The zero-order chi connectivity index (χ0) is 50.7. The average molecular weight is 976 g/mol. The Bertz CT molecular complexity index is 1350. The van der Waals surface area contributed by atoms with Crippen LogP contribution in [0, 0.1) is 0 Å². The van der Waals surface area contributed by atoms with Crippen LogP contribution in [0.25, 0.3) is 0 Å². The molecule has 0 aromatic heterocycles. The number of allylic oxidation sites excluding steroid dienone is 14. The number of carbonyl (C=O) groups excluding carboxylic acids is 3. The van der Waals surface area contributed by atoms with Crippen LogP contribution in [0.15, 0.2) is 85.1 Å². The molecule has 0 saturated carbocycles. The van der Waals surface area contributed by atoms with Gasteiger partial charge in [-0.3, -0.25) is 14.4 Å². The van der Waals surface area contributed by atoms with Crippen molar-refractivity contribution >= 4 is 17.9 Å². The number of hydrogen-bond acceptors (Lipinski definition) is 6. The molecule has 0 aliphatic carbocycles. The molecule has 0 radical (unpaired) electrons. The molecule has 0 aromatic carbocycles. The van der Waals surface area contributed by atoms with Crippen LogP contribution in [-0.2, 0) is 28.6 Å². The van der Waals surface area contributed by atoms with Gasteiger partial charge in [-0.2, -0.15) is 0 Å². The third-order valence-electron chi connectivity index (χ3n) is 12.6. The number of esters is 3. The fourth-order valence-electron chi connectivity index (χ4n) is 8.16. The lowest BCUT2D eigenvalue weighted by Gasteiger charge is -2.18. The maximum atomic E-state index is 12.9. The van der Waals surface area contributed by atoms with Crippen LogP contribution in [0.1, 0.15) is 284 Å². The van der Waals surface area contributed by atoms with E-state index in [9.17, 15) is 14.4 Å². The van der Waals surface area contributed by atoms with E-state index in [0.29, 0.717) is 19.3 Å². The molecule has 1 unspecified atom stereocenters. The van der Waals surface area contributed by atoms with Gasteiger partial charge in [-0.1, -0.05) is 234 Å². The van der Waals surface area contributed by atoms with Crippen molar-refractivity contribution in [2.45, 2.75) is 290 Å². The van der Waals surface area contributed by atoms with Gasteiger partial charge in [-0.25, -0.2) is 0 Å². The average Bonchev–Trinajstić information content (AvgIpc) is 3.36. The predicted molar refractivity (Wildman–Crippen MR) is 302 cm³/mol. The largest absolute Gasteiger partial charge is 0.462 e. The van der Waals surface area contributed by atoms with Crippen LogP contribution in [0.5, 0.6) is 0 Å². The van der Waals surface area contributed by atoms with Crippen molar-refractivity contribution in [3.8, 4) is 0 Å². The molecular weight excluding hydrogens is 865 g/mol. The molecule has 6 heteroatoms. The third-order valence-corrected chi connectivity index (χ3v) is 12.6. The van der Waals surface area contributed by atoms with E-state index in [1.165, 1.54) is 128 Å². The van der Waals surface area contributed by atoms with Gasteiger partial charge in [0, 0.05) is 19.3 Å². The first-order valence-electron chi connectivity index (χ1n) is 29.6. The molecule has 0 bridgehead atoms. The summed E-state index contributed by atoms with van der Waals surface area (Å²) in [5.74, 6) is -0.916. The van der Waals surface area contributed by atoms with Crippen molar-refractivity contribution in [3.63, 3.8) is 0 Å². The Morgan fingerprint density at radius 2 is 0.557 bits per heavy atom. The molecule has 0 aliphatic heterocycles. The molecule has 0 fully saturated rings. The maximum absolute atomic E-state index is 12.9. The second-order valence-corrected chi connectivity index (χ2v) is 19.5. The number of carbonyl (C=O) groups is 3. The molecule has 0 aliphatic rings. The predicted octanol–water partition coefficient (Wildman–Crippen LogP) is 19.9. The Morgan fingerprint density at radius 3 is 0.914 bits per heavy atom. The van der Waals surface area contributed by atoms with Crippen LogP contribution in [0.3, 0.4) is 0 Å². The van der Waals surface area contributed by atoms with Crippen LogP contribution in [0.4, 0.5) is 0 Å². The second-order valence-electron chi connectivity index (χ2n) is 19.5. The summed E-state index contributed by atoms with van der Waals surface area (Å²) >= 11 is 0. The summed E-state index contributed by atoms with van der Waals surface area (Å²) in [6, 6.07) is 0. The first-order valence-corrected chi connectivity index (χ1v) is 29.6. The molecule has 0 heterocycles. The summed E-state index contributed by atoms with van der Waals surface area (Å²) in [5.41, 5.74) is 0. The minimum Gasteiger partial charge on any atom is -0.462 e. The normalized spacial score (nSPS) is 12.7. The highest BCUT2D eigenvalue weighted by Gasteiger charge is 2.19. The number of hydrogen-bond donors (Lipinski definition) is 0. The maximum Gasteiger partial charge on any atom is 0.306 e. The van der Waals surface area contributed by atoms with E-state index in [-0.39, 0.29) is 31.1 Å². The lowest BCUT2D eigenvalue weighted by molar-refractivity contribution is -0.167. The molecule has 0 saturated heterocycles. The Morgan fingerprint density at radius 1 is 0.300 bits per heavy atom. The molecule has 0 rings (SSSR count). The molecular formula is C64H110O6. The van der Waals surface area contributed by atoms with E-state index < -0.39 is 6.10 Å². The van der Waals surface area contributed by atoms with Gasteiger partial charge in [0.15, 0.2) is 6.10 Å². The van der Waals surface area contributed by atoms with Gasteiger partial charge < -0.3 is 14.2 Å². The van der Waals surface area contributed by atoms with E-state index in [4.69, 9.17) is 14.2 Å². The quantitative estimate of drug-likeness (QED) is 0.0261. The minimum absolute atomic E-state index is 0.0906. The smallest absolute Gasteiger partial charge is 0.306 e. The minimum atomic E-state index is -0.793. The van der Waals surface area contributed by atoms with E-state index >= 15 is 0 Å². The Kier molecular flexibility index (Phi) is 55.3. The molecule has 0 N–H and O–H groups in total. The number of ether oxygens (including phenoxy) is 3. The molecule has 402 valence electrons. The summed E-state index contributed by atoms with van der Waals surface area (Å²) in [5, 5.41) is 0.